The molecule has 5 nitrogen and oxygen atoms in total. The van der Waals surface area contributed by atoms with Crippen molar-refractivity contribution in [3.63, 3.8) is 0 Å². The highest BCUT2D eigenvalue weighted by molar-refractivity contribution is 7.10. The van der Waals surface area contributed by atoms with Crippen molar-refractivity contribution in [1.82, 2.24) is 4.90 Å². The molecule has 0 saturated carbocycles. The maximum Gasteiger partial charge on any atom is 0.288 e. The molecule has 23 heavy (non-hydrogen) atoms. The van der Waals surface area contributed by atoms with Crippen LogP contribution in [0, 0.1) is 5.92 Å². The third-order valence-corrected chi connectivity index (χ3v) is 4.87. The molecule has 0 spiro atoms. The molecule has 128 valence electrons. The largest absolute Gasteiger partial charge is 0.459 e. The summed E-state index contributed by atoms with van der Waals surface area (Å²) in [5.74, 6) is 0.328. The van der Waals surface area contributed by atoms with Crippen molar-refractivity contribution in [3.8, 4) is 0 Å². The fourth-order valence-electron chi connectivity index (χ4n) is 2.79. The number of amides is 1. The number of ether oxygens (including phenoxy) is 2. The fourth-order valence-corrected chi connectivity index (χ4v) is 3.66. The van der Waals surface area contributed by atoms with Gasteiger partial charge in [-0.2, -0.15) is 0 Å². The number of nitrogens with zero attached hydrogens (tertiary/aromatic N) is 1. The zero-order chi connectivity index (χ0) is 16.8. The van der Waals surface area contributed by atoms with Gasteiger partial charge in [-0.15, -0.1) is 11.3 Å². The Kier molecular flexibility index (Phi) is 6.62. The van der Waals surface area contributed by atoms with Crippen LogP contribution in [-0.4, -0.2) is 49.5 Å². The number of carbonyl (C=O) groups is 1. The van der Waals surface area contributed by atoms with E-state index < -0.39 is 6.29 Å². The molecule has 6 heteroatoms. The molecule has 1 aliphatic heterocycles. The first-order valence-corrected chi connectivity index (χ1v) is 8.82. The highest BCUT2D eigenvalue weighted by Crippen LogP contribution is 2.41. The maximum atomic E-state index is 12.3. The monoisotopic (exact) mass is 339 g/mol. The van der Waals surface area contributed by atoms with E-state index in [1.54, 1.807) is 25.4 Å². The van der Waals surface area contributed by atoms with Crippen molar-refractivity contribution in [2.75, 3.05) is 27.3 Å². The first-order chi connectivity index (χ1) is 11.1. The molecule has 0 saturated heterocycles. The van der Waals surface area contributed by atoms with Crippen LogP contribution in [0.25, 0.3) is 0 Å². The van der Waals surface area contributed by atoms with Gasteiger partial charge in [-0.1, -0.05) is 6.07 Å². The number of likely N-dealkylation sites (N-methyl/N-ethyl adjacent to an activating group) is 1. The van der Waals surface area contributed by atoms with Crippen molar-refractivity contribution in [2.24, 2.45) is 5.92 Å². The Morgan fingerprint density at radius 1 is 1.48 bits per heavy atom. The predicted molar refractivity (Wildman–Crippen MR) is 90.1 cm³/mol. The van der Waals surface area contributed by atoms with E-state index in [1.807, 2.05) is 24.4 Å². The van der Waals surface area contributed by atoms with Gasteiger partial charge in [0.25, 0.3) is 5.91 Å². The Morgan fingerprint density at radius 2 is 2.26 bits per heavy atom. The number of aliphatic hydroxyl groups excluding tert-OH is 1. The average molecular weight is 339 g/mol. The SMILES string of the molecule is CCO[C@@H]1OC(C(=O)N(C)C)=C[C@H](c2cccs2)[C@@H]1CCCO. The van der Waals surface area contributed by atoms with Crippen LogP contribution in [0.15, 0.2) is 29.3 Å². The zero-order valence-corrected chi connectivity index (χ0v) is 14.7. The van der Waals surface area contributed by atoms with Gasteiger partial charge in [-0.05, 0) is 37.3 Å². The van der Waals surface area contributed by atoms with Crippen LogP contribution in [0.4, 0.5) is 0 Å². The quantitative estimate of drug-likeness (QED) is 0.829. The Bertz CT molecular complexity index is 527. The summed E-state index contributed by atoms with van der Waals surface area (Å²) in [5.41, 5.74) is 0. The number of rotatable bonds is 7. The second-order valence-corrected chi connectivity index (χ2v) is 6.72. The van der Waals surface area contributed by atoms with Gasteiger partial charge < -0.3 is 19.5 Å². The van der Waals surface area contributed by atoms with Crippen molar-refractivity contribution in [2.45, 2.75) is 32.0 Å². The molecule has 2 heterocycles. The minimum Gasteiger partial charge on any atom is -0.459 e. The average Bonchev–Trinajstić information content (AvgIpc) is 3.06. The molecule has 0 bridgehead atoms. The van der Waals surface area contributed by atoms with Gasteiger partial charge >= 0.3 is 0 Å². The lowest BCUT2D eigenvalue weighted by Gasteiger charge is -2.36. The summed E-state index contributed by atoms with van der Waals surface area (Å²) < 4.78 is 11.6. The molecule has 1 amide bonds. The van der Waals surface area contributed by atoms with E-state index in [0.717, 1.165) is 6.42 Å². The second-order valence-electron chi connectivity index (χ2n) is 5.74. The van der Waals surface area contributed by atoms with E-state index in [0.29, 0.717) is 18.8 Å². The van der Waals surface area contributed by atoms with E-state index in [4.69, 9.17) is 9.47 Å². The van der Waals surface area contributed by atoms with E-state index in [-0.39, 0.29) is 24.3 Å². The smallest absolute Gasteiger partial charge is 0.288 e. The molecule has 0 aromatic carbocycles. The molecule has 0 unspecified atom stereocenters. The lowest BCUT2D eigenvalue weighted by atomic mass is 9.84. The van der Waals surface area contributed by atoms with Gasteiger partial charge in [0.1, 0.15) is 0 Å². The van der Waals surface area contributed by atoms with Crippen LogP contribution >= 0.6 is 11.3 Å². The molecule has 0 radical (unpaired) electrons. The summed E-state index contributed by atoms with van der Waals surface area (Å²) >= 11 is 1.67. The lowest BCUT2D eigenvalue weighted by Crippen LogP contribution is -2.38. The predicted octanol–water partition coefficient (Wildman–Crippen LogP) is 2.59. The molecule has 0 aliphatic carbocycles. The molecule has 1 N–H and O–H groups in total. The summed E-state index contributed by atoms with van der Waals surface area (Å²) in [5, 5.41) is 11.2. The molecule has 1 aromatic heterocycles. The highest BCUT2D eigenvalue weighted by Gasteiger charge is 2.38. The lowest BCUT2D eigenvalue weighted by molar-refractivity contribution is -0.169. The highest BCUT2D eigenvalue weighted by atomic mass is 32.1. The van der Waals surface area contributed by atoms with E-state index >= 15 is 0 Å². The summed E-state index contributed by atoms with van der Waals surface area (Å²) in [6, 6.07) is 4.08. The molecule has 3 atom stereocenters. The Balaban J connectivity index is 2.35. The molecular formula is C17H25NO4S. The van der Waals surface area contributed by atoms with Gasteiger partial charge in [0, 0.05) is 44.0 Å². The summed E-state index contributed by atoms with van der Waals surface area (Å²) in [6.45, 7) is 2.57. The minimum atomic E-state index is -0.470. The van der Waals surface area contributed by atoms with Crippen molar-refractivity contribution < 1.29 is 19.4 Å². The Labute approximate surface area is 141 Å². The van der Waals surface area contributed by atoms with Crippen molar-refractivity contribution in [1.29, 1.82) is 0 Å². The normalized spacial score (nSPS) is 24.0. The van der Waals surface area contributed by atoms with E-state index in [1.165, 1.54) is 9.78 Å². The molecule has 0 fully saturated rings. The number of hydrogen-bond donors (Lipinski definition) is 1. The second kappa shape index (κ2) is 8.47. The van der Waals surface area contributed by atoms with Crippen LogP contribution in [0.2, 0.25) is 0 Å². The topological polar surface area (TPSA) is 59.0 Å². The van der Waals surface area contributed by atoms with E-state index in [9.17, 15) is 9.90 Å². The van der Waals surface area contributed by atoms with Crippen LogP contribution in [0.1, 0.15) is 30.6 Å². The van der Waals surface area contributed by atoms with Gasteiger partial charge in [0.15, 0.2) is 5.76 Å². The van der Waals surface area contributed by atoms with E-state index in [2.05, 4.69) is 6.07 Å². The van der Waals surface area contributed by atoms with Crippen LogP contribution in [-0.2, 0) is 14.3 Å². The molecule has 1 aromatic rings. The van der Waals surface area contributed by atoms with Crippen molar-refractivity contribution >= 4 is 17.2 Å². The summed E-state index contributed by atoms with van der Waals surface area (Å²) in [7, 11) is 3.42. The van der Waals surface area contributed by atoms with Crippen molar-refractivity contribution in [3.05, 3.63) is 34.2 Å². The van der Waals surface area contributed by atoms with Crippen LogP contribution < -0.4 is 0 Å². The third-order valence-electron chi connectivity index (χ3n) is 3.90. The standard InChI is InChI=1S/C17H25NO4S/c1-4-21-17-12(7-5-9-19)13(15-8-6-10-23-15)11-14(22-17)16(20)18(2)3/h6,8,10-13,17,19H,4-5,7,9H2,1-3H3/t12-,13-,17+/m0/s1. The molecular weight excluding hydrogens is 314 g/mol. The summed E-state index contributed by atoms with van der Waals surface area (Å²) in [6.07, 6.45) is 2.90. The van der Waals surface area contributed by atoms with Crippen LogP contribution in [0.3, 0.4) is 0 Å². The fraction of sp³-hybridized carbons (Fsp3) is 0.588. The third kappa shape index (κ3) is 4.34. The Hall–Kier alpha value is -1.37. The van der Waals surface area contributed by atoms with Gasteiger partial charge in [0.2, 0.25) is 6.29 Å². The number of hydrogen-bond acceptors (Lipinski definition) is 5. The first kappa shape index (κ1) is 18.0. The maximum absolute atomic E-state index is 12.3. The van der Waals surface area contributed by atoms with Gasteiger partial charge in [0.05, 0.1) is 0 Å². The number of aliphatic hydroxyl groups is 1. The zero-order valence-electron chi connectivity index (χ0n) is 13.9. The van der Waals surface area contributed by atoms with Gasteiger partial charge in [-0.25, -0.2) is 0 Å². The molecule has 2 rings (SSSR count). The minimum absolute atomic E-state index is 0.0609. The number of carbonyl (C=O) groups excluding carboxylic acids is 1. The van der Waals surface area contributed by atoms with Crippen LogP contribution in [0.5, 0.6) is 0 Å². The summed E-state index contributed by atoms with van der Waals surface area (Å²) in [4.78, 5) is 15.0. The van der Waals surface area contributed by atoms with Gasteiger partial charge in [-0.3, -0.25) is 4.79 Å². The number of thiophene rings is 1. The molecule has 1 aliphatic rings. The number of allylic oxidation sites excluding steroid dienone is 1. The Morgan fingerprint density at radius 3 is 2.83 bits per heavy atom. The first-order valence-electron chi connectivity index (χ1n) is 7.94.